The molecule has 0 radical (unpaired) electrons. The van der Waals surface area contributed by atoms with Crippen LogP contribution in [0, 0.1) is 0 Å². The maximum atomic E-state index is 5.65. The third kappa shape index (κ3) is 2.35. The largest absolute Gasteiger partial charge is 0.370 e. The van der Waals surface area contributed by atoms with Crippen molar-refractivity contribution in [2.75, 3.05) is 13.6 Å². The molecule has 0 spiro atoms. The van der Waals surface area contributed by atoms with Crippen molar-refractivity contribution in [3.05, 3.63) is 35.4 Å². The number of guanidine groups is 1. The summed E-state index contributed by atoms with van der Waals surface area (Å²) in [5.41, 5.74) is 8.62. The molecule has 3 N–H and O–H groups in total. The average Bonchev–Trinajstić information content (AvgIpc) is 2.35. The van der Waals surface area contributed by atoms with Crippen LogP contribution < -0.4 is 11.1 Å². The van der Waals surface area contributed by atoms with Crippen LogP contribution in [0.3, 0.4) is 0 Å². The highest BCUT2D eigenvalue weighted by Gasteiger charge is 2.19. The lowest BCUT2D eigenvalue weighted by Crippen LogP contribution is -2.35. The number of aliphatic imine (C=N–C) groups is 1. The number of hydrogen-bond acceptors (Lipinski definition) is 1. The Morgan fingerprint density at radius 3 is 3.12 bits per heavy atom. The lowest BCUT2D eigenvalue weighted by Gasteiger charge is -2.25. The summed E-state index contributed by atoms with van der Waals surface area (Å²) in [6, 6.07) is 8.71. The molecule has 0 amide bonds. The number of aryl methyl sites for hydroxylation is 1. The third-order valence-electron chi connectivity index (χ3n) is 3.26. The van der Waals surface area contributed by atoms with Gasteiger partial charge in [0.05, 0.1) is 0 Å². The maximum Gasteiger partial charge on any atom is 0.188 e. The SMILES string of the molecule is CN=C(N)NCC1CCCc2ccccc21. The van der Waals surface area contributed by atoms with Crippen LogP contribution >= 0.6 is 0 Å². The van der Waals surface area contributed by atoms with Crippen molar-refractivity contribution in [1.29, 1.82) is 0 Å². The fourth-order valence-corrected chi connectivity index (χ4v) is 2.37. The molecular weight excluding hydrogens is 198 g/mol. The first-order valence-corrected chi connectivity index (χ1v) is 5.85. The minimum atomic E-state index is 0.531. The molecule has 16 heavy (non-hydrogen) atoms. The Kier molecular flexibility index (Phi) is 3.44. The third-order valence-corrected chi connectivity index (χ3v) is 3.26. The highest BCUT2D eigenvalue weighted by atomic mass is 15.1. The fraction of sp³-hybridized carbons (Fsp3) is 0.462. The average molecular weight is 217 g/mol. The zero-order chi connectivity index (χ0) is 11.4. The lowest BCUT2D eigenvalue weighted by atomic mass is 9.83. The van der Waals surface area contributed by atoms with E-state index in [-0.39, 0.29) is 0 Å². The zero-order valence-corrected chi connectivity index (χ0v) is 9.74. The molecule has 1 aromatic rings. The predicted molar refractivity (Wildman–Crippen MR) is 67.7 cm³/mol. The predicted octanol–water partition coefficient (Wildman–Crippen LogP) is 1.64. The van der Waals surface area contributed by atoms with Crippen LogP contribution in [0.1, 0.15) is 29.9 Å². The van der Waals surface area contributed by atoms with Crippen molar-refractivity contribution in [3.8, 4) is 0 Å². The van der Waals surface area contributed by atoms with E-state index in [1.165, 1.54) is 30.4 Å². The number of nitrogens with one attached hydrogen (secondary N) is 1. The molecule has 1 unspecified atom stereocenters. The fourth-order valence-electron chi connectivity index (χ4n) is 2.37. The Hall–Kier alpha value is -1.51. The van der Waals surface area contributed by atoms with E-state index in [1.54, 1.807) is 7.05 Å². The van der Waals surface area contributed by atoms with Crippen molar-refractivity contribution in [2.45, 2.75) is 25.2 Å². The molecule has 0 heterocycles. The normalized spacial score (nSPS) is 20.3. The van der Waals surface area contributed by atoms with Gasteiger partial charge in [0.2, 0.25) is 0 Å². The van der Waals surface area contributed by atoms with Crippen LogP contribution in [0.25, 0.3) is 0 Å². The Morgan fingerprint density at radius 2 is 2.31 bits per heavy atom. The van der Waals surface area contributed by atoms with E-state index in [1.807, 2.05) is 0 Å². The van der Waals surface area contributed by atoms with Gasteiger partial charge in [-0.3, -0.25) is 4.99 Å². The van der Waals surface area contributed by atoms with Crippen LogP contribution in [-0.2, 0) is 6.42 Å². The van der Waals surface area contributed by atoms with Crippen LogP contribution in [0.4, 0.5) is 0 Å². The smallest absolute Gasteiger partial charge is 0.188 e. The van der Waals surface area contributed by atoms with E-state index < -0.39 is 0 Å². The van der Waals surface area contributed by atoms with Crippen LogP contribution in [-0.4, -0.2) is 19.6 Å². The summed E-state index contributed by atoms with van der Waals surface area (Å²) in [4.78, 5) is 3.91. The number of nitrogens with two attached hydrogens (primary N) is 1. The number of hydrogen-bond donors (Lipinski definition) is 2. The number of rotatable bonds is 2. The molecular formula is C13H19N3. The molecule has 0 fully saturated rings. The molecule has 1 aliphatic carbocycles. The van der Waals surface area contributed by atoms with Crippen molar-refractivity contribution < 1.29 is 0 Å². The molecule has 1 aromatic carbocycles. The molecule has 0 aromatic heterocycles. The molecule has 86 valence electrons. The van der Waals surface area contributed by atoms with Gasteiger partial charge >= 0.3 is 0 Å². The summed E-state index contributed by atoms with van der Waals surface area (Å²) in [5, 5.41) is 3.17. The van der Waals surface area contributed by atoms with Gasteiger partial charge in [0, 0.05) is 19.5 Å². The van der Waals surface area contributed by atoms with E-state index in [4.69, 9.17) is 5.73 Å². The van der Waals surface area contributed by atoms with Gasteiger partial charge in [-0.25, -0.2) is 0 Å². The van der Waals surface area contributed by atoms with Gasteiger partial charge in [-0.1, -0.05) is 24.3 Å². The maximum absolute atomic E-state index is 5.65. The van der Waals surface area contributed by atoms with Crippen LogP contribution in [0.5, 0.6) is 0 Å². The molecule has 2 rings (SSSR count). The topological polar surface area (TPSA) is 50.4 Å². The van der Waals surface area contributed by atoms with Crippen molar-refractivity contribution in [1.82, 2.24) is 5.32 Å². The summed E-state index contributed by atoms with van der Waals surface area (Å²) in [6.07, 6.45) is 3.72. The number of fused-ring (bicyclic) bond motifs is 1. The summed E-state index contributed by atoms with van der Waals surface area (Å²) < 4.78 is 0. The second-order valence-corrected chi connectivity index (χ2v) is 4.28. The van der Waals surface area contributed by atoms with E-state index >= 15 is 0 Å². The van der Waals surface area contributed by atoms with E-state index in [9.17, 15) is 0 Å². The quantitative estimate of drug-likeness (QED) is 0.584. The van der Waals surface area contributed by atoms with Gasteiger partial charge in [0.25, 0.3) is 0 Å². The summed E-state index contributed by atoms with van der Waals surface area (Å²) in [5.74, 6) is 1.10. The Labute approximate surface area is 96.8 Å². The standard InChI is InChI=1S/C13H19N3/c1-15-13(14)16-9-11-7-4-6-10-5-2-3-8-12(10)11/h2-3,5,8,11H,4,6-7,9H2,1H3,(H3,14,15,16). The molecule has 0 saturated heterocycles. The van der Waals surface area contributed by atoms with Gasteiger partial charge in [-0.05, 0) is 30.4 Å². The summed E-state index contributed by atoms with van der Waals surface area (Å²) in [6.45, 7) is 0.889. The van der Waals surface area contributed by atoms with Gasteiger partial charge in [-0.2, -0.15) is 0 Å². The molecule has 1 aliphatic rings. The minimum Gasteiger partial charge on any atom is -0.370 e. The first kappa shape index (κ1) is 11.0. The molecule has 3 nitrogen and oxygen atoms in total. The second-order valence-electron chi connectivity index (χ2n) is 4.28. The van der Waals surface area contributed by atoms with Gasteiger partial charge < -0.3 is 11.1 Å². The van der Waals surface area contributed by atoms with Gasteiger partial charge in [-0.15, -0.1) is 0 Å². The molecule has 0 bridgehead atoms. The Balaban J connectivity index is 2.07. The zero-order valence-electron chi connectivity index (χ0n) is 9.74. The van der Waals surface area contributed by atoms with Crippen molar-refractivity contribution in [3.63, 3.8) is 0 Å². The first-order chi connectivity index (χ1) is 7.81. The Morgan fingerprint density at radius 1 is 1.50 bits per heavy atom. The molecule has 0 saturated carbocycles. The van der Waals surface area contributed by atoms with E-state index in [0.29, 0.717) is 11.9 Å². The van der Waals surface area contributed by atoms with Gasteiger partial charge in [0.15, 0.2) is 5.96 Å². The highest BCUT2D eigenvalue weighted by molar-refractivity contribution is 5.77. The number of nitrogens with zero attached hydrogens (tertiary/aromatic N) is 1. The van der Waals surface area contributed by atoms with Crippen molar-refractivity contribution in [2.24, 2.45) is 10.7 Å². The second kappa shape index (κ2) is 5.01. The van der Waals surface area contributed by atoms with E-state index in [2.05, 4.69) is 34.6 Å². The first-order valence-electron chi connectivity index (χ1n) is 5.85. The summed E-state index contributed by atoms with van der Waals surface area (Å²) >= 11 is 0. The van der Waals surface area contributed by atoms with Crippen LogP contribution in [0.15, 0.2) is 29.3 Å². The van der Waals surface area contributed by atoms with E-state index in [0.717, 1.165) is 6.54 Å². The number of benzene rings is 1. The Bertz CT molecular complexity index is 385. The monoisotopic (exact) mass is 217 g/mol. The van der Waals surface area contributed by atoms with Gasteiger partial charge in [0.1, 0.15) is 0 Å². The minimum absolute atomic E-state index is 0.531. The lowest BCUT2D eigenvalue weighted by molar-refractivity contribution is 0.542. The van der Waals surface area contributed by atoms with Crippen molar-refractivity contribution >= 4 is 5.96 Å². The molecule has 3 heteroatoms. The molecule has 1 atom stereocenters. The molecule has 0 aliphatic heterocycles. The summed E-state index contributed by atoms with van der Waals surface area (Å²) in [7, 11) is 1.71. The highest BCUT2D eigenvalue weighted by Crippen LogP contribution is 2.30. The van der Waals surface area contributed by atoms with Crippen LogP contribution in [0.2, 0.25) is 0 Å².